The Labute approximate surface area is 167 Å². The predicted molar refractivity (Wildman–Crippen MR) is 108 cm³/mol. The number of amides is 1. The molecular formula is C22H19NO4S. The monoisotopic (exact) mass is 393 g/mol. The van der Waals surface area contributed by atoms with Crippen LogP contribution >= 0.6 is 11.3 Å². The van der Waals surface area contributed by atoms with Crippen molar-refractivity contribution in [2.24, 2.45) is 0 Å². The van der Waals surface area contributed by atoms with Gasteiger partial charge in [-0.3, -0.25) is 4.79 Å². The van der Waals surface area contributed by atoms with Gasteiger partial charge >= 0.3 is 0 Å². The van der Waals surface area contributed by atoms with E-state index in [1.54, 1.807) is 16.2 Å². The van der Waals surface area contributed by atoms with E-state index in [2.05, 4.69) is 0 Å². The van der Waals surface area contributed by atoms with E-state index in [-0.39, 0.29) is 5.91 Å². The molecule has 0 unspecified atom stereocenters. The maximum Gasteiger partial charge on any atom is 0.268 e. The number of fused-ring (bicyclic) bond motifs is 2. The topological polar surface area (TPSA) is 48.0 Å². The van der Waals surface area contributed by atoms with Gasteiger partial charge in [-0.2, -0.15) is 0 Å². The van der Waals surface area contributed by atoms with Crippen molar-refractivity contribution in [1.29, 1.82) is 0 Å². The second kappa shape index (κ2) is 7.20. The van der Waals surface area contributed by atoms with E-state index < -0.39 is 6.10 Å². The first kappa shape index (κ1) is 17.1. The Balaban J connectivity index is 1.46. The predicted octanol–water partition coefficient (Wildman–Crippen LogP) is 4.06. The number of para-hydroxylation sites is 1. The highest BCUT2D eigenvalue weighted by Gasteiger charge is 2.33. The molecule has 2 aromatic carbocycles. The van der Waals surface area contributed by atoms with Crippen LogP contribution in [0.2, 0.25) is 0 Å². The zero-order valence-corrected chi connectivity index (χ0v) is 16.0. The van der Waals surface area contributed by atoms with Gasteiger partial charge in [0.05, 0.1) is 6.54 Å². The van der Waals surface area contributed by atoms with E-state index in [4.69, 9.17) is 14.2 Å². The number of anilines is 1. The molecule has 0 fully saturated rings. The van der Waals surface area contributed by atoms with E-state index >= 15 is 0 Å². The molecule has 0 saturated carbocycles. The Morgan fingerprint density at radius 3 is 2.68 bits per heavy atom. The Bertz CT molecular complexity index is 977. The second-order valence-electron chi connectivity index (χ2n) is 6.75. The van der Waals surface area contributed by atoms with Gasteiger partial charge in [0.25, 0.3) is 5.91 Å². The molecule has 5 nitrogen and oxygen atoms in total. The fraction of sp³-hybridized carbons (Fsp3) is 0.227. The van der Waals surface area contributed by atoms with Crippen LogP contribution in [0.3, 0.4) is 0 Å². The number of benzene rings is 2. The molecule has 2 aliphatic rings. The quantitative estimate of drug-likeness (QED) is 0.671. The molecule has 2 aliphatic heterocycles. The number of nitrogens with zero attached hydrogens (tertiary/aromatic N) is 1. The van der Waals surface area contributed by atoms with E-state index in [0.29, 0.717) is 37.7 Å². The van der Waals surface area contributed by atoms with Gasteiger partial charge in [-0.05, 0) is 35.2 Å². The first-order valence-corrected chi connectivity index (χ1v) is 10.1. The molecule has 28 heavy (non-hydrogen) atoms. The number of carbonyl (C=O) groups is 1. The van der Waals surface area contributed by atoms with Gasteiger partial charge in [0.2, 0.25) is 0 Å². The number of hydrogen-bond donors (Lipinski definition) is 0. The van der Waals surface area contributed by atoms with Crippen LogP contribution in [0.15, 0.2) is 60.0 Å². The molecule has 3 aromatic rings. The molecule has 6 heteroatoms. The van der Waals surface area contributed by atoms with Crippen LogP contribution in [-0.2, 0) is 17.8 Å². The van der Waals surface area contributed by atoms with Gasteiger partial charge in [-0.15, -0.1) is 11.3 Å². The van der Waals surface area contributed by atoms with E-state index in [9.17, 15) is 4.79 Å². The summed E-state index contributed by atoms with van der Waals surface area (Å²) in [6, 6.07) is 17.5. The molecule has 0 saturated heterocycles. The molecule has 0 spiro atoms. The number of carbonyl (C=O) groups excluding carboxylic acids is 1. The van der Waals surface area contributed by atoms with Crippen molar-refractivity contribution in [3.63, 3.8) is 0 Å². The lowest BCUT2D eigenvalue weighted by Gasteiger charge is -2.27. The summed E-state index contributed by atoms with van der Waals surface area (Å²) in [5.74, 6) is 2.12. The highest BCUT2D eigenvalue weighted by molar-refractivity contribution is 7.09. The third-order valence-corrected chi connectivity index (χ3v) is 5.78. The fourth-order valence-electron chi connectivity index (χ4n) is 3.55. The number of rotatable bonds is 4. The maximum absolute atomic E-state index is 13.4. The minimum atomic E-state index is -0.523. The van der Waals surface area contributed by atoms with Crippen molar-refractivity contribution in [2.75, 3.05) is 18.1 Å². The zero-order valence-electron chi connectivity index (χ0n) is 15.2. The van der Waals surface area contributed by atoms with Crippen molar-refractivity contribution >= 4 is 22.9 Å². The minimum absolute atomic E-state index is 0.0544. The summed E-state index contributed by atoms with van der Waals surface area (Å²) in [5, 5.41) is 2.02. The summed E-state index contributed by atoms with van der Waals surface area (Å²) in [6.07, 6.45) is 0.0612. The summed E-state index contributed by atoms with van der Waals surface area (Å²) in [5.41, 5.74) is 1.85. The smallest absolute Gasteiger partial charge is 0.268 e. The Kier molecular flexibility index (Phi) is 4.41. The van der Waals surface area contributed by atoms with E-state index in [1.807, 2.05) is 60.0 Å². The maximum atomic E-state index is 13.4. The SMILES string of the molecule is O=C([C@H]1Cc2ccccc2O1)N(Cc1cccs1)c1ccc2c(c1)OCCO2. The lowest BCUT2D eigenvalue weighted by atomic mass is 10.1. The van der Waals surface area contributed by atoms with Crippen molar-refractivity contribution in [2.45, 2.75) is 19.1 Å². The molecule has 1 atom stereocenters. The highest BCUT2D eigenvalue weighted by atomic mass is 32.1. The van der Waals surface area contributed by atoms with Crippen molar-refractivity contribution in [3.05, 3.63) is 70.4 Å². The molecule has 0 N–H and O–H groups in total. The third-order valence-electron chi connectivity index (χ3n) is 4.92. The van der Waals surface area contributed by atoms with E-state index in [0.717, 1.165) is 21.9 Å². The minimum Gasteiger partial charge on any atom is -0.486 e. The van der Waals surface area contributed by atoms with Crippen LogP contribution in [0.4, 0.5) is 5.69 Å². The molecule has 0 aliphatic carbocycles. The standard InChI is InChI=1S/C22H19NO4S/c24-22(21-12-15-4-1-2-6-18(15)27-21)23(14-17-5-3-11-28-17)16-7-8-19-20(13-16)26-10-9-25-19/h1-8,11,13,21H,9-10,12,14H2/t21-/m1/s1. The van der Waals surface area contributed by atoms with Gasteiger partial charge in [-0.1, -0.05) is 24.3 Å². The lowest BCUT2D eigenvalue weighted by Crippen LogP contribution is -2.41. The molecule has 142 valence electrons. The largest absolute Gasteiger partial charge is 0.486 e. The van der Waals surface area contributed by atoms with Gasteiger partial charge in [-0.25, -0.2) is 0 Å². The molecule has 1 aromatic heterocycles. The molecule has 3 heterocycles. The fourth-order valence-corrected chi connectivity index (χ4v) is 4.24. The summed E-state index contributed by atoms with van der Waals surface area (Å²) in [6.45, 7) is 1.54. The average molecular weight is 393 g/mol. The van der Waals surface area contributed by atoms with Crippen LogP contribution in [0.5, 0.6) is 17.2 Å². The van der Waals surface area contributed by atoms with Crippen LogP contribution < -0.4 is 19.1 Å². The first-order chi connectivity index (χ1) is 13.8. The number of thiophene rings is 1. The highest BCUT2D eigenvalue weighted by Crippen LogP contribution is 2.36. The lowest BCUT2D eigenvalue weighted by molar-refractivity contribution is -0.124. The molecule has 1 amide bonds. The van der Waals surface area contributed by atoms with Gasteiger partial charge < -0.3 is 19.1 Å². The molecular weight excluding hydrogens is 374 g/mol. The third kappa shape index (κ3) is 3.20. The molecule has 0 radical (unpaired) electrons. The molecule has 0 bridgehead atoms. The summed E-state index contributed by atoms with van der Waals surface area (Å²) in [7, 11) is 0. The Morgan fingerprint density at radius 1 is 1.00 bits per heavy atom. The van der Waals surface area contributed by atoms with Gasteiger partial charge in [0.15, 0.2) is 17.6 Å². The summed E-state index contributed by atoms with van der Waals surface area (Å²) in [4.78, 5) is 16.3. The Hall–Kier alpha value is -2.99. The zero-order chi connectivity index (χ0) is 18.9. The van der Waals surface area contributed by atoms with Gasteiger partial charge in [0, 0.05) is 23.1 Å². The van der Waals surface area contributed by atoms with Crippen molar-refractivity contribution < 1.29 is 19.0 Å². The second-order valence-corrected chi connectivity index (χ2v) is 7.78. The first-order valence-electron chi connectivity index (χ1n) is 9.26. The van der Waals surface area contributed by atoms with Crippen LogP contribution in [0, 0.1) is 0 Å². The molecule has 5 rings (SSSR count). The number of ether oxygens (including phenoxy) is 3. The normalized spacial score (nSPS) is 16.9. The summed E-state index contributed by atoms with van der Waals surface area (Å²) < 4.78 is 17.3. The van der Waals surface area contributed by atoms with Crippen molar-refractivity contribution in [1.82, 2.24) is 0 Å². The van der Waals surface area contributed by atoms with Crippen molar-refractivity contribution in [3.8, 4) is 17.2 Å². The Morgan fingerprint density at radius 2 is 1.86 bits per heavy atom. The average Bonchev–Trinajstić information content (AvgIpc) is 3.40. The summed E-state index contributed by atoms with van der Waals surface area (Å²) >= 11 is 1.63. The van der Waals surface area contributed by atoms with Crippen LogP contribution in [0.1, 0.15) is 10.4 Å². The van der Waals surface area contributed by atoms with Crippen LogP contribution in [0.25, 0.3) is 0 Å². The van der Waals surface area contributed by atoms with Gasteiger partial charge in [0.1, 0.15) is 19.0 Å². The van der Waals surface area contributed by atoms with E-state index in [1.165, 1.54) is 0 Å². The number of hydrogen-bond acceptors (Lipinski definition) is 5. The van der Waals surface area contributed by atoms with Crippen LogP contribution in [-0.4, -0.2) is 25.2 Å².